The Labute approximate surface area is 300 Å². The SMILES string of the molecule is CC(C)Cc1cc2c(cn1)c1cnc(C(C)C)cc1n2-c1cccc(-c2cccc(-n3c4cc(C(C)C)ncc4c4cnc(C(C)C)cc43)c2)c1. The number of nitrogens with zero attached hydrogens (tertiary/aromatic N) is 6. The molecular weight excluding hydrogens is 625 g/mol. The summed E-state index contributed by atoms with van der Waals surface area (Å²) in [4.78, 5) is 19.4. The molecule has 0 amide bonds. The summed E-state index contributed by atoms with van der Waals surface area (Å²) >= 11 is 0. The first kappa shape index (κ1) is 32.8. The molecule has 0 N–H and O–H groups in total. The van der Waals surface area contributed by atoms with Crippen LogP contribution < -0.4 is 0 Å². The number of benzene rings is 2. The van der Waals surface area contributed by atoms with Crippen molar-refractivity contribution in [3.63, 3.8) is 0 Å². The van der Waals surface area contributed by atoms with Crippen LogP contribution in [0, 0.1) is 5.92 Å². The minimum atomic E-state index is 0.324. The average Bonchev–Trinajstić information content (AvgIpc) is 3.62. The zero-order chi connectivity index (χ0) is 35.6. The second-order valence-electron chi connectivity index (χ2n) is 15.4. The van der Waals surface area contributed by atoms with E-state index in [1.807, 2.05) is 24.8 Å². The molecule has 2 aromatic carbocycles. The van der Waals surface area contributed by atoms with Gasteiger partial charge in [-0.1, -0.05) is 79.7 Å². The molecule has 0 atom stereocenters. The van der Waals surface area contributed by atoms with Crippen molar-refractivity contribution in [2.24, 2.45) is 5.92 Å². The molecule has 0 aliphatic rings. The predicted molar refractivity (Wildman–Crippen MR) is 213 cm³/mol. The van der Waals surface area contributed by atoms with Gasteiger partial charge in [0.05, 0.1) is 22.1 Å². The van der Waals surface area contributed by atoms with Gasteiger partial charge in [0.25, 0.3) is 0 Å². The highest BCUT2D eigenvalue weighted by Gasteiger charge is 2.19. The first-order valence-corrected chi connectivity index (χ1v) is 18.4. The maximum absolute atomic E-state index is 4.88. The van der Waals surface area contributed by atoms with Crippen molar-refractivity contribution >= 4 is 43.6 Å². The Balaban J connectivity index is 1.32. The van der Waals surface area contributed by atoms with Crippen LogP contribution in [-0.4, -0.2) is 29.1 Å². The second kappa shape index (κ2) is 12.8. The number of hydrogen-bond acceptors (Lipinski definition) is 4. The Morgan fingerprint density at radius 3 is 1.20 bits per heavy atom. The minimum absolute atomic E-state index is 0.324. The zero-order valence-corrected chi connectivity index (χ0v) is 30.9. The number of hydrogen-bond donors (Lipinski definition) is 0. The van der Waals surface area contributed by atoms with Gasteiger partial charge < -0.3 is 9.13 Å². The quantitative estimate of drug-likeness (QED) is 0.161. The van der Waals surface area contributed by atoms with Gasteiger partial charge in [0.1, 0.15) is 0 Å². The Kier molecular flexibility index (Phi) is 8.21. The van der Waals surface area contributed by atoms with E-state index in [-0.39, 0.29) is 0 Å². The van der Waals surface area contributed by atoms with Crippen LogP contribution in [0.25, 0.3) is 66.1 Å². The molecule has 0 saturated carbocycles. The van der Waals surface area contributed by atoms with Crippen molar-refractivity contribution in [1.82, 2.24) is 29.1 Å². The van der Waals surface area contributed by atoms with E-state index in [1.165, 1.54) is 5.52 Å². The first-order chi connectivity index (χ1) is 24.6. The maximum Gasteiger partial charge on any atom is 0.0575 e. The molecule has 0 spiro atoms. The van der Waals surface area contributed by atoms with Gasteiger partial charge in [0.2, 0.25) is 0 Å². The molecule has 0 aliphatic carbocycles. The normalized spacial score (nSPS) is 12.3. The molecule has 256 valence electrons. The van der Waals surface area contributed by atoms with E-state index in [0.29, 0.717) is 23.7 Å². The van der Waals surface area contributed by atoms with Crippen LogP contribution in [0.3, 0.4) is 0 Å². The van der Waals surface area contributed by atoms with E-state index in [0.717, 1.165) is 89.8 Å². The summed E-state index contributed by atoms with van der Waals surface area (Å²) in [5.41, 5.74) is 13.6. The van der Waals surface area contributed by atoms with Crippen LogP contribution in [-0.2, 0) is 6.42 Å². The molecule has 51 heavy (non-hydrogen) atoms. The molecule has 6 heteroatoms. The van der Waals surface area contributed by atoms with Crippen molar-refractivity contribution < 1.29 is 0 Å². The molecule has 6 heterocycles. The molecule has 0 unspecified atom stereocenters. The lowest BCUT2D eigenvalue weighted by Crippen LogP contribution is -2.00. The summed E-state index contributed by atoms with van der Waals surface area (Å²) in [6, 6.07) is 26.9. The van der Waals surface area contributed by atoms with Crippen molar-refractivity contribution in [3.8, 4) is 22.5 Å². The van der Waals surface area contributed by atoms with Crippen LogP contribution in [0.5, 0.6) is 0 Å². The number of pyridine rings is 4. The molecule has 8 aromatic rings. The fourth-order valence-electron chi connectivity index (χ4n) is 7.38. The van der Waals surface area contributed by atoms with E-state index in [4.69, 9.17) is 19.9 Å². The summed E-state index contributed by atoms with van der Waals surface area (Å²) in [5, 5.41) is 4.50. The lowest BCUT2D eigenvalue weighted by molar-refractivity contribution is 0.636. The highest BCUT2D eigenvalue weighted by Crippen LogP contribution is 2.37. The van der Waals surface area contributed by atoms with Crippen LogP contribution in [0.15, 0.2) is 97.6 Å². The molecule has 0 radical (unpaired) electrons. The Morgan fingerprint density at radius 2 is 0.824 bits per heavy atom. The largest absolute Gasteiger partial charge is 0.309 e. The summed E-state index contributed by atoms with van der Waals surface area (Å²) in [6.45, 7) is 17.7. The summed E-state index contributed by atoms with van der Waals surface area (Å²) < 4.78 is 4.81. The summed E-state index contributed by atoms with van der Waals surface area (Å²) in [7, 11) is 0. The first-order valence-electron chi connectivity index (χ1n) is 18.4. The van der Waals surface area contributed by atoms with Gasteiger partial charge in [-0.05, 0) is 89.8 Å². The smallest absolute Gasteiger partial charge is 0.0575 e. The third kappa shape index (κ3) is 5.77. The summed E-state index contributed by atoms with van der Waals surface area (Å²) in [5.74, 6) is 1.49. The van der Waals surface area contributed by atoms with E-state index < -0.39 is 0 Å². The maximum atomic E-state index is 4.88. The van der Waals surface area contributed by atoms with Gasteiger partial charge in [-0.3, -0.25) is 19.9 Å². The Bertz CT molecular complexity index is 2520. The van der Waals surface area contributed by atoms with Crippen molar-refractivity contribution in [1.29, 1.82) is 0 Å². The molecule has 8 rings (SSSR count). The van der Waals surface area contributed by atoms with Gasteiger partial charge in [0.15, 0.2) is 0 Å². The van der Waals surface area contributed by atoms with Crippen LogP contribution >= 0.6 is 0 Å². The fraction of sp³-hybridized carbons (Fsp3) is 0.289. The van der Waals surface area contributed by atoms with Crippen molar-refractivity contribution in [3.05, 3.63) is 120 Å². The monoisotopic (exact) mass is 670 g/mol. The van der Waals surface area contributed by atoms with Gasteiger partial charge in [-0.2, -0.15) is 0 Å². The summed E-state index contributed by atoms with van der Waals surface area (Å²) in [6.07, 6.45) is 9.07. The minimum Gasteiger partial charge on any atom is -0.309 e. The topological polar surface area (TPSA) is 61.4 Å². The number of aromatic nitrogens is 6. The molecule has 0 fully saturated rings. The fourth-order valence-corrected chi connectivity index (χ4v) is 7.38. The molecule has 6 nitrogen and oxygen atoms in total. The van der Waals surface area contributed by atoms with Crippen molar-refractivity contribution in [2.45, 2.75) is 79.6 Å². The van der Waals surface area contributed by atoms with Gasteiger partial charge in [0, 0.05) is 80.5 Å². The lowest BCUT2D eigenvalue weighted by Gasteiger charge is -2.14. The van der Waals surface area contributed by atoms with Crippen LogP contribution in [0.1, 0.15) is 95.9 Å². The van der Waals surface area contributed by atoms with E-state index >= 15 is 0 Å². The highest BCUT2D eigenvalue weighted by molar-refractivity contribution is 6.10. The van der Waals surface area contributed by atoms with Gasteiger partial charge in [-0.25, -0.2) is 0 Å². The van der Waals surface area contributed by atoms with Crippen molar-refractivity contribution in [2.75, 3.05) is 0 Å². The average molecular weight is 671 g/mol. The highest BCUT2D eigenvalue weighted by atomic mass is 15.0. The molecule has 0 saturated heterocycles. The van der Waals surface area contributed by atoms with E-state index in [9.17, 15) is 0 Å². The number of fused-ring (bicyclic) bond motifs is 6. The van der Waals surface area contributed by atoms with Crippen LogP contribution in [0.4, 0.5) is 0 Å². The van der Waals surface area contributed by atoms with Gasteiger partial charge >= 0.3 is 0 Å². The number of rotatable bonds is 8. The van der Waals surface area contributed by atoms with Crippen LogP contribution in [0.2, 0.25) is 0 Å². The van der Waals surface area contributed by atoms with E-state index in [2.05, 4.69) is 137 Å². The zero-order valence-electron chi connectivity index (χ0n) is 30.9. The van der Waals surface area contributed by atoms with Gasteiger partial charge in [-0.15, -0.1) is 0 Å². The Hall–Kier alpha value is -5.36. The third-order valence-corrected chi connectivity index (χ3v) is 10.1. The molecule has 6 aromatic heterocycles. The third-order valence-electron chi connectivity index (χ3n) is 10.1. The van der Waals surface area contributed by atoms with E-state index in [1.54, 1.807) is 0 Å². The molecular formula is C45H46N6. The standard InChI is InChI=1S/C45H46N6/c1-26(2)15-32-18-42-35(22-46-32)36-23-47-39(27(3)4)19-43(36)50(42)33-13-9-11-30(16-33)31-12-10-14-34(17-31)51-44-20-40(28(5)6)48-24-37(44)38-25-49-41(29(7)8)21-45(38)51/h9-14,16-29H,15H2,1-8H3. The lowest BCUT2D eigenvalue weighted by atomic mass is 10.0. The molecule has 0 bridgehead atoms. The predicted octanol–water partition coefficient (Wildman–Crippen LogP) is 11.7. The Morgan fingerprint density at radius 1 is 0.451 bits per heavy atom. The molecule has 0 aliphatic heterocycles. The second-order valence-corrected chi connectivity index (χ2v) is 15.4.